The maximum atomic E-state index is 12.8. The third-order valence-electron chi connectivity index (χ3n) is 13.5. The van der Waals surface area contributed by atoms with Gasteiger partial charge in [0.1, 0.15) is 30.5 Å². The van der Waals surface area contributed by atoms with E-state index in [-0.39, 0.29) is 19.2 Å². The molecule has 6 unspecified atom stereocenters. The summed E-state index contributed by atoms with van der Waals surface area (Å²) in [4.78, 5) is 12.8. The highest BCUT2D eigenvalue weighted by molar-refractivity contribution is 5.69. The number of ether oxygens (including phenoxy) is 4. The van der Waals surface area contributed by atoms with Crippen molar-refractivity contribution in [1.29, 1.82) is 0 Å². The minimum Gasteiger partial charge on any atom is -0.457 e. The molecule has 0 amide bonds. The number of aliphatic hydroxyl groups excluding tert-OH is 4. The molecular weight excluding hydrogens is 805 g/mol. The van der Waals surface area contributed by atoms with Crippen LogP contribution in [0.4, 0.5) is 0 Å². The van der Waals surface area contributed by atoms with E-state index in [0.717, 1.165) is 32.1 Å². The van der Waals surface area contributed by atoms with Crippen molar-refractivity contribution in [2.24, 2.45) is 0 Å². The second-order valence-electron chi connectivity index (χ2n) is 19.8. The van der Waals surface area contributed by atoms with Crippen LogP contribution >= 0.6 is 0 Å². The van der Waals surface area contributed by atoms with Crippen molar-refractivity contribution in [2.45, 2.75) is 320 Å². The zero-order valence-electron chi connectivity index (χ0n) is 42.3. The van der Waals surface area contributed by atoms with Gasteiger partial charge in [0.2, 0.25) is 0 Å². The zero-order valence-corrected chi connectivity index (χ0v) is 42.3. The molecule has 1 aliphatic rings. The van der Waals surface area contributed by atoms with E-state index in [1.165, 1.54) is 231 Å². The van der Waals surface area contributed by atoms with Crippen LogP contribution in [0.3, 0.4) is 0 Å². The Kier molecular flexibility index (Phi) is 45.2. The molecule has 0 saturated carbocycles. The molecule has 9 heteroatoms. The second kappa shape index (κ2) is 47.3. The van der Waals surface area contributed by atoms with E-state index in [2.05, 4.69) is 13.8 Å². The van der Waals surface area contributed by atoms with Gasteiger partial charge in [-0.3, -0.25) is 4.79 Å². The lowest BCUT2D eigenvalue weighted by molar-refractivity contribution is -0.305. The topological polar surface area (TPSA) is 135 Å². The Bertz CT molecular complexity index is 950. The van der Waals surface area contributed by atoms with Gasteiger partial charge >= 0.3 is 5.97 Å². The summed E-state index contributed by atoms with van der Waals surface area (Å²) in [5.74, 6) is -0.305. The summed E-state index contributed by atoms with van der Waals surface area (Å²) in [7, 11) is 0. The predicted octanol–water partition coefficient (Wildman–Crippen LogP) is 14.2. The Hall–Kier alpha value is -0.810. The van der Waals surface area contributed by atoms with Crippen LogP contribution in [0.25, 0.3) is 0 Å². The Balaban J connectivity index is 2.10. The number of hydrogen-bond donors (Lipinski definition) is 4. The molecule has 0 aromatic carbocycles. The summed E-state index contributed by atoms with van der Waals surface area (Å²) in [6.45, 7) is 4.64. The van der Waals surface area contributed by atoms with Crippen LogP contribution in [0.5, 0.6) is 0 Å². The number of carbonyl (C=O) groups is 1. The Morgan fingerprint density at radius 2 is 0.766 bits per heavy atom. The number of carbonyl (C=O) groups excluding carboxylic acids is 1. The number of hydrogen-bond acceptors (Lipinski definition) is 9. The van der Waals surface area contributed by atoms with Gasteiger partial charge < -0.3 is 39.4 Å². The monoisotopic (exact) mass is 913 g/mol. The van der Waals surface area contributed by atoms with Crippen LogP contribution in [0, 0.1) is 0 Å². The van der Waals surface area contributed by atoms with Crippen LogP contribution in [-0.4, -0.2) is 89.6 Å². The van der Waals surface area contributed by atoms with E-state index < -0.39 is 43.4 Å². The third kappa shape index (κ3) is 37.2. The fraction of sp³-hybridized carbons (Fsp3) is 0.982. The predicted molar refractivity (Wildman–Crippen MR) is 266 cm³/mol. The quantitative estimate of drug-likeness (QED) is 0.0347. The Labute approximate surface area is 395 Å². The summed E-state index contributed by atoms with van der Waals surface area (Å²) in [6, 6.07) is 0. The molecule has 0 radical (unpaired) electrons. The molecule has 0 spiro atoms. The highest BCUT2D eigenvalue weighted by atomic mass is 16.7. The first kappa shape index (κ1) is 61.2. The van der Waals surface area contributed by atoms with Gasteiger partial charge in [-0.15, -0.1) is 0 Å². The first-order valence-corrected chi connectivity index (χ1v) is 28.1. The lowest BCUT2D eigenvalue weighted by atomic mass is 9.99. The average molecular weight is 913 g/mol. The standard InChI is InChI=1S/C55H108O9/c1-3-5-7-9-11-13-15-17-19-20-21-22-23-24-25-26-27-28-29-31-33-35-37-39-41-43-45-61-47-49(48-62-55-54(60)53(59)52(58)50(46-56)64-55)63-51(57)44-42-40-38-36-34-32-30-18-16-14-12-10-8-6-4-2/h49-50,52-56,58-60H,3-48H2,1-2H3. The van der Waals surface area contributed by atoms with Crippen LogP contribution in [0.1, 0.15) is 284 Å². The number of esters is 1. The maximum Gasteiger partial charge on any atom is 0.306 e. The molecule has 0 bridgehead atoms. The van der Waals surface area contributed by atoms with Crippen molar-refractivity contribution in [3.63, 3.8) is 0 Å². The molecule has 1 aliphatic heterocycles. The van der Waals surface area contributed by atoms with E-state index in [9.17, 15) is 25.2 Å². The smallest absolute Gasteiger partial charge is 0.306 e. The molecule has 1 fully saturated rings. The van der Waals surface area contributed by atoms with Crippen molar-refractivity contribution < 1.29 is 44.2 Å². The summed E-state index contributed by atoms with van der Waals surface area (Å²) in [5.41, 5.74) is 0. The average Bonchev–Trinajstić information content (AvgIpc) is 3.30. The molecule has 6 atom stereocenters. The van der Waals surface area contributed by atoms with E-state index in [0.29, 0.717) is 13.0 Å². The summed E-state index contributed by atoms with van der Waals surface area (Å²) in [6.07, 6.45) is 47.3. The normalized spacial score (nSPS) is 19.4. The third-order valence-corrected chi connectivity index (χ3v) is 13.5. The number of aliphatic hydroxyl groups is 4. The number of rotatable bonds is 50. The molecule has 0 aromatic heterocycles. The fourth-order valence-corrected chi connectivity index (χ4v) is 9.14. The van der Waals surface area contributed by atoms with Crippen molar-refractivity contribution in [3.05, 3.63) is 0 Å². The number of unbranched alkanes of at least 4 members (excludes halogenated alkanes) is 39. The highest BCUT2D eigenvalue weighted by Gasteiger charge is 2.44. The highest BCUT2D eigenvalue weighted by Crippen LogP contribution is 2.23. The van der Waals surface area contributed by atoms with E-state index >= 15 is 0 Å². The van der Waals surface area contributed by atoms with Crippen LogP contribution in [-0.2, 0) is 23.7 Å². The molecule has 382 valence electrons. The first-order chi connectivity index (χ1) is 31.4. The van der Waals surface area contributed by atoms with Crippen LogP contribution < -0.4 is 0 Å². The SMILES string of the molecule is CCCCCCCCCCCCCCCCCCCCCCCCCCCCOCC(COC1OC(CO)C(O)C(O)C1O)OC(=O)CCCCCCCCCCCCCCCCC. The van der Waals surface area contributed by atoms with Gasteiger partial charge in [0.25, 0.3) is 0 Å². The molecule has 9 nitrogen and oxygen atoms in total. The van der Waals surface area contributed by atoms with Crippen molar-refractivity contribution in [1.82, 2.24) is 0 Å². The first-order valence-electron chi connectivity index (χ1n) is 28.1. The van der Waals surface area contributed by atoms with Gasteiger partial charge in [-0.2, -0.15) is 0 Å². The van der Waals surface area contributed by atoms with Crippen molar-refractivity contribution >= 4 is 5.97 Å². The fourth-order valence-electron chi connectivity index (χ4n) is 9.14. The molecule has 0 aliphatic carbocycles. The largest absolute Gasteiger partial charge is 0.457 e. The minimum absolute atomic E-state index is 0.104. The molecule has 1 rings (SSSR count). The van der Waals surface area contributed by atoms with Gasteiger partial charge in [-0.25, -0.2) is 0 Å². The lowest BCUT2D eigenvalue weighted by Gasteiger charge is -2.39. The van der Waals surface area contributed by atoms with Gasteiger partial charge in [0, 0.05) is 13.0 Å². The van der Waals surface area contributed by atoms with Crippen LogP contribution in [0.2, 0.25) is 0 Å². The van der Waals surface area contributed by atoms with Gasteiger partial charge in [0.15, 0.2) is 6.29 Å². The van der Waals surface area contributed by atoms with Gasteiger partial charge in [-0.05, 0) is 12.8 Å². The molecule has 0 aromatic rings. The van der Waals surface area contributed by atoms with E-state index in [1.54, 1.807) is 0 Å². The van der Waals surface area contributed by atoms with Gasteiger partial charge in [0.05, 0.1) is 19.8 Å². The maximum absolute atomic E-state index is 12.8. The Morgan fingerprint density at radius 1 is 0.438 bits per heavy atom. The molecular formula is C55H108O9. The van der Waals surface area contributed by atoms with Crippen molar-refractivity contribution in [2.75, 3.05) is 26.4 Å². The van der Waals surface area contributed by atoms with E-state index in [1.807, 2.05) is 0 Å². The summed E-state index contributed by atoms with van der Waals surface area (Å²) < 4.78 is 22.9. The minimum atomic E-state index is -1.53. The summed E-state index contributed by atoms with van der Waals surface area (Å²) >= 11 is 0. The lowest BCUT2D eigenvalue weighted by Crippen LogP contribution is -2.59. The molecule has 1 saturated heterocycles. The molecule has 4 N–H and O–H groups in total. The van der Waals surface area contributed by atoms with Crippen molar-refractivity contribution in [3.8, 4) is 0 Å². The second-order valence-corrected chi connectivity index (χ2v) is 19.8. The molecule has 64 heavy (non-hydrogen) atoms. The Morgan fingerprint density at radius 3 is 1.11 bits per heavy atom. The molecule has 1 heterocycles. The van der Waals surface area contributed by atoms with Crippen LogP contribution in [0.15, 0.2) is 0 Å². The van der Waals surface area contributed by atoms with E-state index in [4.69, 9.17) is 18.9 Å². The zero-order chi connectivity index (χ0) is 46.4. The summed E-state index contributed by atoms with van der Waals surface area (Å²) in [5, 5.41) is 40.3. The van der Waals surface area contributed by atoms with Gasteiger partial charge in [-0.1, -0.05) is 264 Å².